The van der Waals surface area contributed by atoms with E-state index in [1.165, 1.54) is 10.8 Å². The molecule has 1 unspecified atom stereocenters. The number of alkyl halides is 1. The normalized spacial score (nSPS) is 17.3. The van der Waals surface area contributed by atoms with Gasteiger partial charge in [0.1, 0.15) is 0 Å². The number of allylic oxidation sites excluding steroid dienone is 2. The average Bonchev–Trinajstić information content (AvgIpc) is 1.84. The minimum absolute atomic E-state index is 0.280. The van der Waals surface area contributed by atoms with Crippen molar-refractivity contribution in [3.8, 4) is 0 Å². The summed E-state index contributed by atoms with van der Waals surface area (Å²) in [6.45, 7) is 6.40. The molecule has 0 aromatic heterocycles. The van der Waals surface area contributed by atoms with E-state index in [9.17, 15) is 0 Å². The van der Waals surface area contributed by atoms with E-state index < -0.39 is 0 Å². The highest BCUT2D eigenvalue weighted by atomic mass is 35.5. The number of rotatable bonds is 2. The molecule has 0 saturated carbocycles. The van der Waals surface area contributed by atoms with Crippen LogP contribution >= 0.6 is 11.6 Å². The molecule has 2 heteroatoms. The maximum absolute atomic E-state index is 5.98. The molecule has 0 rings (SSSR count). The van der Waals surface area contributed by atoms with Gasteiger partial charge < -0.3 is 0 Å². The fraction of sp³-hybridized carbons (Fsp3) is 0.714. The van der Waals surface area contributed by atoms with Crippen LogP contribution in [0.1, 0.15) is 27.2 Å². The second-order valence-corrected chi connectivity index (χ2v) is 4.59. The first-order valence-electron chi connectivity index (χ1n) is 3.37. The van der Waals surface area contributed by atoms with Gasteiger partial charge in [-0.2, -0.15) is 0 Å². The van der Waals surface area contributed by atoms with Crippen molar-refractivity contribution < 1.29 is 0 Å². The third-order valence-electron chi connectivity index (χ3n) is 1.62. The fourth-order valence-electron chi connectivity index (χ4n) is 0.619. The molecule has 0 aromatic carbocycles. The molecule has 9 heavy (non-hydrogen) atoms. The predicted molar refractivity (Wildman–Crippen MR) is 48.2 cm³/mol. The molecule has 54 valence electrons. The fourth-order valence-corrected chi connectivity index (χ4v) is 1.37. The van der Waals surface area contributed by atoms with Crippen LogP contribution in [0.5, 0.6) is 0 Å². The lowest BCUT2D eigenvalue weighted by Crippen LogP contribution is -2.00. The smallest absolute Gasteiger partial charge is 0.0538 e. The Balaban J connectivity index is 4.02. The van der Waals surface area contributed by atoms with Crippen LogP contribution in [0.25, 0.3) is 0 Å². The van der Waals surface area contributed by atoms with Gasteiger partial charge in [0.2, 0.25) is 0 Å². The highest BCUT2D eigenvalue weighted by molar-refractivity contribution is 6.25. The molecular formula is C7H15ClSi. The van der Waals surface area contributed by atoms with E-state index in [2.05, 4.69) is 20.8 Å². The molecule has 0 fully saturated rings. The van der Waals surface area contributed by atoms with Crippen LogP contribution in [0.4, 0.5) is 0 Å². The van der Waals surface area contributed by atoms with Gasteiger partial charge in [0.25, 0.3) is 0 Å². The Kier molecular flexibility index (Phi) is 4.24. The summed E-state index contributed by atoms with van der Waals surface area (Å²) in [5.74, 6) is 0. The first-order valence-corrected chi connectivity index (χ1v) is 4.81. The summed E-state index contributed by atoms with van der Waals surface area (Å²) < 4.78 is 0. The van der Waals surface area contributed by atoms with E-state index in [-0.39, 0.29) is 5.38 Å². The molecule has 0 amide bonds. The highest BCUT2D eigenvalue weighted by Gasteiger charge is 2.03. The molecule has 0 spiro atoms. The number of halogens is 1. The Labute approximate surface area is 65.7 Å². The number of hydrogen-bond donors (Lipinski definition) is 0. The molecule has 0 aliphatic heterocycles. The second-order valence-electron chi connectivity index (χ2n) is 2.56. The van der Waals surface area contributed by atoms with Gasteiger partial charge in [-0.05, 0) is 20.3 Å². The zero-order chi connectivity index (χ0) is 7.44. The van der Waals surface area contributed by atoms with Crippen LogP contribution < -0.4 is 0 Å². The van der Waals surface area contributed by atoms with Gasteiger partial charge in [-0.3, -0.25) is 0 Å². The Bertz CT molecular complexity index is 114. The largest absolute Gasteiger partial charge is 0.118 e. The minimum Gasteiger partial charge on any atom is -0.118 e. The quantitative estimate of drug-likeness (QED) is 0.428. The van der Waals surface area contributed by atoms with E-state index in [0.717, 1.165) is 16.7 Å². The molecule has 0 aromatic rings. The summed E-state index contributed by atoms with van der Waals surface area (Å²) >= 11 is 5.98. The molecule has 0 heterocycles. The first kappa shape index (κ1) is 9.25. The monoisotopic (exact) mass is 162 g/mol. The van der Waals surface area contributed by atoms with Gasteiger partial charge in [0.15, 0.2) is 0 Å². The van der Waals surface area contributed by atoms with Crippen LogP contribution in [0.15, 0.2) is 10.8 Å². The zero-order valence-electron chi connectivity index (χ0n) is 6.66. The van der Waals surface area contributed by atoms with Crippen molar-refractivity contribution in [1.82, 2.24) is 0 Å². The second kappa shape index (κ2) is 4.12. The molecule has 0 saturated heterocycles. The van der Waals surface area contributed by atoms with Gasteiger partial charge in [0.05, 0.1) is 5.38 Å². The lowest BCUT2D eigenvalue weighted by molar-refractivity contribution is 0.908. The Morgan fingerprint density at radius 2 is 2.00 bits per heavy atom. The van der Waals surface area contributed by atoms with E-state index >= 15 is 0 Å². The minimum atomic E-state index is 0.280. The summed E-state index contributed by atoms with van der Waals surface area (Å²) in [6.07, 6.45) is 1.05. The van der Waals surface area contributed by atoms with Gasteiger partial charge in [-0.1, -0.05) is 17.7 Å². The predicted octanol–water partition coefficient (Wildman–Crippen LogP) is 1.66. The van der Waals surface area contributed by atoms with E-state index in [1.54, 1.807) is 0 Å². The maximum atomic E-state index is 5.98. The average molecular weight is 163 g/mol. The Hall–Kier alpha value is 0.247. The van der Waals surface area contributed by atoms with Crippen molar-refractivity contribution in [1.29, 1.82) is 0 Å². The maximum Gasteiger partial charge on any atom is 0.0538 e. The van der Waals surface area contributed by atoms with E-state index in [0.29, 0.717) is 0 Å². The standard InChI is InChI=1S/C7H15ClSi/c1-4-7(8)5(2)6(3)9/h7H,4H2,1-3,9H3. The summed E-state index contributed by atoms with van der Waals surface area (Å²) in [4.78, 5) is 0. The SMILES string of the molecule is CCC(Cl)C(C)=C(C)[SiH3]. The molecule has 0 nitrogen and oxygen atoms in total. The van der Waals surface area contributed by atoms with Crippen molar-refractivity contribution in [3.63, 3.8) is 0 Å². The summed E-state index contributed by atoms with van der Waals surface area (Å²) in [5.41, 5.74) is 1.38. The molecule has 1 atom stereocenters. The van der Waals surface area contributed by atoms with Crippen LogP contribution in [-0.2, 0) is 0 Å². The lowest BCUT2D eigenvalue weighted by Gasteiger charge is -2.07. The van der Waals surface area contributed by atoms with Gasteiger partial charge in [0, 0.05) is 10.2 Å². The first-order chi connectivity index (χ1) is 4.09. The Morgan fingerprint density at radius 1 is 1.56 bits per heavy atom. The zero-order valence-corrected chi connectivity index (χ0v) is 9.42. The van der Waals surface area contributed by atoms with Gasteiger partial charge in [-0.25, -0.2) is 0 Å². The summed E-state index contributed by atoms with van der Waals surface area (Å²) in [6, 6.07) is 0. The van der Waals surface area contributed by atoms with E-state index in [4.69, 9.17) is 11.6 Å². The van der Waals surface area contributed by atoms with Crippen molar-refractivity contribution in [2.75, 3.05) is 0 Å². The van der Waals surface area contributed by atoms with Crippen LogP contribution in [-0.4, -0.2) is 15.6 Å². The van der Waals surface area contributed by atoms with Crippen LogP contribution in [0.2, 0.25) is 0 Å². The van der Waals surface area contributed by atoms with E-state index in [1.807, 2.05) is 0 Å². The molecular weight excluding hydrogens is 148 g/mol. The lowest BCUT2D eigenvalue weighted by atomic mass is 10.1. The van der Waals surface area contributed by atoms with Gasteiger partial charge >= 0.3 is 0 Å². The molecule has 0 N–H and O–H groups in total. The van der Waals surface area contributed by atoms with Gasteiger partial charge in [-0.15, -0.1) is 11.6 Å². The van der Waals surface area contributed by atoms with Crippen LogP contribution in [0, 0.1) is 0 Å². The third-order valence-corrected chi connectivity index (χ3v) is 3.04. The molecule has 0 radical (unpaired) electrons. The van der Waals surface area contributed by atoms with Crippen molar-refractivity contribution in [2.45, 2.75) is 32.6 Å². The Morgan fingerprint density at radius 3 is 2.11 bits per heavy atom. The third kappa shape index (κ3) is 3.07. The summed E-state index contributed by atoms with van der Waals surface area (Å²) in [7, 11) is 1.15. The van der Waals surface area contributed by atoms with Crippen molar-refractivity contribution in [3.05, 3.63) is 10.8 Å². The van der Waals surface area contributed by atoms with Crippen molar-refractivity contribution in [2.24, 2.45) is 0 Å². The topological polar surface area (TPSA) is 0 Å². The number of hydrogen-bond acceptors (Lipinski definition) is 0. The molecule has 0 aliphatic carbocycles. The molecule has 0 bridgehead atoms. The van der Waals surface area contributed by atoms with Crippen molar-refractivity contribution >= 4 is 21.8 Å². The summed E-state index contributed by atoms with van der Waals surface area (Å²) in [5, 5.41) is 1.76. The molecule has 0 aliphatic rings. The highest BCUT2D eigenvalue weighted by Crippen LogP contribution is 2.14. The van der Waals surface area contributed by atoms with Crippen LogP contribution in [0.3, 0.4) is 0 Å².